The van der Waals surface area contributed by atoms with E-state index in [9.17, 15) is 4.79 Å². The molecule has 0 saturated carbocycles. The summed E-state index contributed by atoms with van der Waals surface area (Å²) in [6, 6.07) is 4.13. The molecular weight excluding hydrogens is 184 g/mol. The minimum Gasteiger partial charge on any atom is -0.355 e. The van der Waals surface area contributed by atoms with Crippen molar-refractivity contribution in [1.82, 2.24) is 10.6 Å². The Balaban J connectivity index is 1.99. The molecule has 0 fully saturated rings. The number of rotatable bonds is 5. The largest absolute Gasteiger partial charge is 0.355 e. The lowest BCUT2D eigenvalue weighted by Gasteiger charge is -2.03. The van der Waals surface area contributed by atoms with E-state index in [0.717, 1.165) is 13.1 Å². The number of hydrogen-bond donors (Lipinski definition) is 2. The fourth-order valence-corrected chi connectivity index (χ4v) is 1.63. The van der Waals surface area contributed by atoms with Crippen LogP contribution < -0.4 is 10.6 Å². The Kier molecular flexibility index (Phi) is 4.49. The summed E-state index contributed by atoms with van der Waals surface area (Å²) in [5.41, 5.74) is 0. The summed E-state index contributed by atoms with van der Waals surface area (Å²) in [4.78, 5) is 11.8. The van der Waals surface area contributed by atoms with E-state index >= 15 is 0 Å². The Morgan fingerprint density at radius 2 is 2.38 bits per heavy atom. The van der Waals surface area contributed by atoms with Crippen LogP contribution in [-0.2, 0) is 11.3 Å². The van der Waals surface area contributed by atoms with Gasteiger partial charge < -0.3 is 10.6 Å². The van der Waals surface area contributed by atoms with Gasteiger partial charge in [-0.15, -0.1) is 11.3 Å². The molecule has 3 nitrogen and oxygen atoms in total. The molecule has 0 aliphatic rings. The third-order valence-electron chi connectivity index (χ3n) is 1.56. The lowest BCUT2D eigenvalue weighted by Crippen LogP contribution is -2.29. The number of nitrogens with one attached hydrogen (secondary N) is 2. The molecule has 0 aromatic carbocycles. The van der Waals surface area contributed by atoms with Crippen LogP contribution in [0.2, 0.25) is 0 Å². The number of carbonyl (C=O) groups excluding carboxylic acids is 1. The van der Waals surface area contributed by atoms with Gasteiger partial charge in [-0.25, -0.2) is 0 Å². The van der Waals surface area contributed by atoms with Crippen LogP contribution in [0.3, 0.4) is 0 Å². The summed E-state index contributed by atoms with van der Waals surface area (Å²) in [6.45, 7) is 3.93. The average Bonchev–Trinajstić information content (AvgIpc) is 2.55. The number of thiophene rings is 1. The SMILES string of the molecule is CC(=O)NCCNCc1cccs1. The Morgan fingerprint density at radius 1 is 1.54 bits per heavy atom. The molecule has 72 valence electrons. The number of carbonyl (C=O) groups is 1. The second kappa shape index (κ2) is 5.72. The molecule has 13 heavy (non-hydrogen) atoms. The van der Waals surface area contributed by atoms with Crippen LogP contribution in [0.1, 0.15) is 11.8 Å². The molecule has 1 amide bonds. The fraction of sp³-hybridized carbons (Fsp3) is 0.444. The lowest BCUT2D eigenvalue weighted by molar-refractivity contribution is -0.118. The van der Waals surface area contributed by atoms with Gasteiger partial charge in [-0.2, -0.15) is 0 Å². The van der Waals surface area contributed by atoms with E-state index in [2.05, 4.69) is 22.1 Å². The molecule has 1 heterocycles. The highest BCUT2D eigenvalue weighted by molar-refractivity contribution is 7.09. The molecule has 2 N–H and O–H groups in total. The van der Waals surface area contributed by atoms with E-state index in [1.54, 1.807) is 11.3 Å². The van der Waals surface area contributed by atoms with Gasteiger partial charge in [0.2, 0.25) is 5.91 Å². The first-order chi connectivity index (χ1) is 6.29. The monoisotopic (exact) mass is 198 g/mol. The van der Waals surface area contributed by atoms with Gasteiger partial charge in [-0.3, -0.25) is 4.79 Å². The van der Waals surface area contributed by atoms with Crippen molar-refractivity contribution in [3.8, 4) is 0 Å². The van der Waals surface area contributed by atoms with Crippen molar-refractivity contribution in [3.63, 3.8) is 0 Å². The van der Waals surface area contributed by atoms with E-state index in [1.165, 1.54) is 11.8 Å². The lowest BCUT2D eigenvalue weighted by atomic mass is 10.4. The molecule has 0 atom stereocenters. The van der Waals surface area contributed by atoms with E-state index in [-0.39, 0.29) is 5.91 Å². The van der Waals surface area contributed by atoms with E-state index in [4.69, 9.17) is 0 Å². The van der Waals surface area contributed by atoms with Crippen molar-refractivity contribution in [3.05, 3.63) is 22.4 Å². The summed E-state index contributed by atoms with van der Waals surface area (Å²) in [5.74, 6) is 0.0259. The van der Waals surface area contributed by atoms with Crippen molar-refractivity contribution >= 4 is 17.2 Å². The van der Waals surface area contributed by atoms with E-state index in [0.29, 0.717) is 6.54 Å². The second-order valence-corrected chi connectivity index (χ2v) is 3.77. The molecular formula is C9H14N2OS. The summed E-state index contributed by atoms with van der Waals surface area (Å²) < 4.78 is 0. The molecule has 0 saturated heterocycles. The standard InChI is InChI=1S/C9H14N2OS/c1-8(12)11-5-4-10-7-9-3-2-6-13-9/h2-3,6,10H,4-5,7H2,1H3,(H,11,12). The molecule has 1 aromatic heterocycles. The van der Waals surface area contributed by atoms with Crippen molar-refractivity contribution in [1.29, 1.82) is 0 Å². The highest BCUT2D eigenvalue weighted by Gasteiger charge is 1.92. The van der Waals surface area contributed by atoms with Gasteiger partial charge in [-0.1, -0.05) is 6.07 Å². The van der Waals surface area contributed by atoms with Gasteiger partial charge in [0.1, 0.15) is 0 Å². The minimum absolute atomic E-state index is 0.0259. The van der Waals surface area contributed by atoms with Crippen LogP contribution in [0.5, 0.6) is 0 Å². The first kappa shape index (κ1) is 10.2. The van der Waals surface area contributed by atoms with Crippen molar-refractivity contribution < 1.29 is 4.79 Å². The van der Waals surface area contributed by atoms with Crippen LogP contribution in [0.15, 0.2) is 17.5 Å². The van der Waals surface area contributed by atoms with Crippen LogP contribution in [0.25, 0.3) is 0 Å². The molecule has 0 aliphatic carbocycles. The molecule has 1 aromatic rings. The smallest absolute Gasteiger partial charge is 0.216 e. The van der Waals surface area contributed by atoms with Crippen LogP contribution in [0, 0.1) is 0 Å². The van der Waals surface area contributed by atoms with Crippen molar-refractivity contribution in [2.45, 2.75) is 13.5 Å². The van der Waals surface area contributed by atoms with Gasteiger partial charge in [0.25, 0.3) is 0 Å². The fourth-order valence-electron chi connectivity index (χ4n) is 0.952. The molecule has 0 radical (unpaired) electrons. The maximum absolute atomic E-state index is 10.5. The van der Waals surface area contributed by atoms with Gasteiger partial charge in [0.05, 0.1) is 0 Å². The van der Waals surface area contributed by atoms with Crippen LogP contribution in [0.4, 0.5) is 0 Å². The predicted molar refractivity (Wildman–Crippen MR) is 54.7 cm³/mol. The van der Waals surface area contributed by atoms with Crippen LogP contribution >= 0.6 is 11.3 Å². The quantitative estimate of drug-likeness (QED) is 0.692. The maximum Gasteiger partial charge on any atom is 0.216 e. The zero-order chi connectivity index (χ0) is 9.52. The highest BCUT2D eigenvalue weighted by Crippen LogP contribution is 2.06. The van der Waals surface area contributed by atoms with Crippen molar-refractivity contribution in [2.24, 2.45) is 0 Å². The molecule has 0 bridgehead atoms. The first-order valence-corrected chi connectivity index (χ1v) is 5.14. The van der Waals surface area contributed by atoms with Gasteiger partial charge in [0.15, 0.2) is 0 Å². The van der Waals surface area contributed by atoms with Crippen LogP contribution in [-0.4, -0.2) is 19.0 Å². The normalized spacial score (nSPS) is 9.92. The molecule has 0 aliphatic heterocycles. The summed E-state index contributed by atoms with van der Waals surface area (Å²) in [5, 5.41) is 8.03. The number of hydrogen-bond acceptors (Lipinski definition) is 3. The van der Waals surface area contributed by atoms with Gasteiger partial charge in [0, 0.05) is 31.4 Å². The predicted octanol–water partition coefficient (Wildman–Crippen LogP) is 0.974. The summed E-state index contributed by atoms with van der Waals surface area (Å²) in [6.07, 6.45) is 0. The van der Waals surface area contributed by atoms with Crippen molar-refractivity contribution in [2.75, 3.05) is 13.1 Å². The zero-order valence-corrected chi connectivity index (χ0v) is 8.49. The molecule has 1 rings (SSSR count). The molecule has 4 heteroatoms. The van der Waals surface area contributed by atoms with E-state index < -0.39 is 0 Å². The third kappa shape index (κ3) is 4.65. The Labute approximate surface area is 82.2 Å². The Morgan fingerprint density at radius 3 is 3.00 bits per heavy atom. The number of amides is 1. The first-order valence-electron chi connectivity index (χ1n) is 4.26. The average molecular weight is 198 g/mol. The Hall–Kier alpha value is -0.870. The topological polar surface area (TPSA) is 41.1 Å². The van der Waals surface area contributed by atoms with Gasteiger partial charge in [-0.05, 0) is 11.4 Å². The Bertz CT molecular complexity index is 246. The van der Waals surface area contributed by atoms with Gasteiger partial charge >= 0.3 is 0 Å². The summed E-state index contributed by atoms with van der Waals surface area (Å²) >= 11 is 1.74. The van der Waals surface area contributed by atoms with E-state index in [1.807, 2.05) is 6.07 Å². The molecule has 0 spiro atoms. The maximum atomic E-state index is 10.5. The molecule has 0 unspecified atom stereocenters. The highest BCUT2D eigenvalue weighted by atomic mass is 32.1. The summed E-state index contributed by atoms with van der Waals surface area (Å²) in [7, 11) is 0. The second-order valence-electron chi connectivity index (χ2n) is 2.74. The third-order valence-corrected chi connectivity index (χ3v) is 2.43. The minimum atomic E-state index is 0.0259. The zero-order valence-electron chi connectivity index (χ0n) is 7.67.